The lowest BCUT2D eigenvalue weighted by molar-refractivity contribution is -0.138. The Morgan fingerprint density at radius 2 is 1.71 bits per heavy atom. The minimum atomic E-state index is -0.0547. The highest BCUT2D eigenvalue weighted by Gasteiger charge is 2.60. The third-order valence-electron chi connectivity index (χ3n) is 9.16. The monoisotopic (exact) mass is 396 g/mol. The molecule has 136 valence electrons. The lowest BCUT2D eigenvalue weighted by Gasteiger charge is -2.60. The van der Waals surface area contributed by atoms with Crippen molar-refractivity contribution in [3.8, 4) is 0 Å². The van der Waals surface area contributed by atoms with Crippen LogP contribution in [0.25, 0.3) is 0 Å². The van der Waals surface area contributed by atoms with Gasteiger partial charge in [-0.2, -0.15) is 0 Å². The predicted molar refractivity (Wildman–Crippen MR) is 100 cm³/mol. The van der Waals surface area contributed by atoms with E-state index >= 15 is 0 Å². The van der Waals surface area contributed by atoms with Crippen LogP contribution in [0.1, 0.15) is 71.6 Å². The van der Waals surface area contributed by atoms with Crippen molar-refractivity contribution in [3.63, 3.8) is 0 Å². The molecule has 24 heavy (non-hydrogen) atoms. The summed E-state index contributed by atoms with van der Waals surface area (Å²) >= 11 is 3.42. The van der Waals surface area contributed by atoms with Gasteiger partial charge in [0.25, 0.3) is 0 Å². The first-order valence-corrected chi connectivity index (χ1v) is 11.3. The number of carbonyl (C=O) groups excluding carboxylic acids is 1. The Kier molecular flexibility index (Phi) is 4.44. The van der Waals surface area contributed by atoms with E-state index in [-0.39, 0.29) is 11.5 Å². The third-order valence-corrected chi connectivity index (χ3v) is 9.71. The molecule has 0 bridgehead atoms. The normalized spacial score (nSPS) is 53.8. The highest BCUT2D eigenvalue weighted by Crippen LogP contribution is 2.67. The largest absolute Gasteiger partial charge is 0.393 e. The minimum Gasteiger partial charge on any atom is -0.393 e. The van der Waals surface area contributed by atoms with Gasteiger partial charge in [0.2, 0.25) is 0 Å². The van der Waals surface area contributed by atoms with Crippen molar-refractivity contribution in [1.82, 2.24) is 0 Å². The molecular weight excluding hydrogens is 364 g/mol. The fourth-order valence-corrected chi connectivity index (χ4v) is 8.25. The second-order valence-corrected chi connectivity index (χ2v) is 10.4. The van der Waals surface area contributed by atoms with E-state index in [1.807, 2.05) is 0 Å². The summed E-state index contributed by atoms with van der Waals surface area (Å²) in [6.07, 6.45) is 10.8. The standard InChI is InChI=1S/C21H33BrO2/c1-20-9-7-14(23)11-13(20)3-4-15-16-5-6-18(19(24)12-22)21(16,2)10-8-17(15)20/h13-18,23H,3-12H2,1-2H3/t13-,14-,15+,16+,17+,18-,20+,21+/m1/s1. The minimum absolute atomic E-state index is 0.0547. The summed E-state index contributed by atoms with van der Waals surface area (Å²) in [5, 5.41) is 10.7. The van der Waals surface area contributed by atoms with Gasteiger partial charge in [-0.15, -0.1) is 0 Å². The molecule has 0 unspecified atom stereocenters. The molecular formula is C21H33BrO2. The number of hydrogen-bond donors (Lipinski definition) is 1. The average molecular weight is 397 g/mol. The molecule has 8 atom stereocenters. The third kappa shape index (κ3) is 2.40. The van der Waals surface area contributed by atoms with Gasteiger partial charge >= 0.3 is 0 Å². The smallest absolute Gasteiger partial charge is 0.147 e. The van der Waals surface area contributed by atoms with Crippen LogP contribution in [0.4, 0.5) is 0 Å². The number of Topliss-reactive ketones (excluding diaryl/α,β-unsaturated/α-hetero) is 1. The maximum Gasteiger partial charge on any atom is 0.147 e. The molecule has 0 amide bonds. The van der Waals surface area contributed by atoms with Crippen LogP contribution in [-0.4, -0.2) is 22.3 Å². The quantitative estimate of drug-likeness (QED) is 0.668. The Balaban J connectivity index is 1.60. The van der Waals surface area contributed by atoms with Crippen molar-refractivity contribution >= 4 is 21.7 Å². The fraction of sp³-hybridized carbons (Fsp3) is 0.952. The molecule has 4 fully saturated rings. The average Bonchev–Trinajstić information content (AvgIpc) is 2.92. The number of hydrogen-bond acceptors (Lipinski definition) is 2. The first-order valence-electron chi connectivity index (χ1n) is 10.2. The van der Waals surface area contributed by atoms with Crippen molar-refractivity contribution in [3.05, 3.63) is 0 Å². The maximum atomic E-state index is 12.5. The zero-order valence-electron chi connectivity index (χ0n) is 15.3. The van der Waals surface area contributed by atoms with E-state index in [0.29, 0.717) is 22.4 Å². The van der Waals surface area contributed by atoms with Crippen LogP contribution >= 0.6 is 15.9 Å². The predicted octanol–water partition coefficient (Wildman–Crippen LogP) is 4.97. The number of halogens is 1. The fourth-order valence-electron chi connectivity index (χ4n) is 7.86. The summed E-state index contributed by atoms with van der Waals surface area (Å²) in [7, 11) is 0. The summed E-state index contributed by atoms with van der Waals surface area (Å²) < 4.78 is 0. The zero-order chi connectivity index (χ0) is 17.1. The molecule has 0 aromatic carbocycles. The summed E-state index contributed by atoms with van der Waals surface area (Å²) in [6.45, 7) is 4.98. The van der Waals surface area contributed by atoms with Crippen LogP contribution in [0.15, 0.2) is 0 Å². The number of carbonyl (C=O) groups is 1. The zero-order valence-corrected chi connectivity index (χ0v) is 16.9. The second-order valence-electron chi connectivity index (χ2n) is 9.86. The van der Waals surface area contributed by atoms with E-state index in [0.717, 1.165) is 42.9 Å². The molecule has 4 aliphatic carbocycles. The van der Waals surface area contributed by atoms with Crippen LogP contribution in [0.2, 0.25) is 0 Å². The molecule has 3 heteroatoms. The molecule has 1 N–H and O–H groups in total. The Morgan fingerprint density at radius 1 is 1.00 bits per heavy atom. The van der Waals surface area contributed by atoms with Gasteiger partial charge in [-0.05, 0) is 92.3 Å². The van der Waals surface area contributed by atoms with Gasteiger partial charge < -0.3 is 5.11 Å². The number of rotatable bonds is 2. The molecule has 4 rings (SSSR count). The van der Waals surface area contributed by atoms with Crippen molar-refractivity contribution < 1.29 is 9.90 Å². The van der Waals surface area contributed by atoms with Gasteiger partial charge in [0, 0.05) is 5.92 Å². The van der Waals surface area contributed by atoms with Gasteiger partial charge in [0.05, 0.1) is 11.4 Å². The first kappa shape index (κ1) is 17.5. The molecule has 0 saturated heterocycles. The van der Waals surface area contributed by atoms with Crippen molar-refractivity contribution in [1.29, 1.82) is 0 Å². The Bertz CT molecular complexity index is 520. The molecule has 0 radical (unpaired) electrons. The van der Waals surface area contributed by atoms with Crippen LogP contribution in [0, 0.1) is 40.4 Å². The number of aliphatic hydroxyl groups is 1. The van der Waals surface area contributed by atoms with E-state index in [2.05, 4.69) is 29.8 Å². The van der Waals surface area contributed by atoms with Crippen molar-refractivity contribution in [2.45, 2.75) is 77.7 Å². The van der Waals surface area contributed by atoms with E-state index in [1.54, 1.807) is 0 Å². The highest BCUT2D eigenvalue weighted by atomic mass is 79.9. The second kappa shape index (κ2) is 6.08. The van der Waals surface area contributed by atoms with Gasteiger partial charge in [0.15, 0.2) is 0 Å². The van der Waals surface area contributed by atoms with Crippen molar-refractivity contribution in [2.24, 2.45) is 40.4 Å². The van der Waals surface area contributed by atoms with E-state index in [9.17, 15) is 9.90 Å². The first-order chi connectivity index (χ1) is 11.4. The lowest BCUT2D eigenvalue weighted by atomic mass is 9.44. The molecule has 4 saturated carbocycles. The SMILES string of the molecule is C[C@]12CC[C@@H](O)C[C@H]1CC[C@@H]1[C@@H]2CC[C@]2(C)[C@@H](C(=O)CBr)CC[C@@H]12. The van der Waals surface area contributed by atoms with Gasteiger partial charge in [-0.3, -0.25) is 4.79 Å². The number of fused-ring (bicyclic) bond motifs is 5. The molecule has 0 heterocycles. The lowest BCUT2D eigenvalue weighted by Crippen LogP contribution is -2.54. The Morgan fingerprint density at radius 3 is 2.46 bits per heavy atom. The maximum absolute atomic E-state index is 12.5. The molecule has 0 spiro atoms. The number of alkyl halides is 1. The Hall–Kier alpha value is 0.110. The van der Waals surface area contributed by atoms with Crippen LogP contribution in [-0.2, 0) is 4.79 Å². The van der Waals surface area contributed by atoms with Crippen LogP contribution in [0.5, 0.6) is 0 Å². The number of aliphatic hydroxyl groups excluding tert-OH is 1. The van der Waals surface area contributed by atoms with E-state index in [4.69, 9.17) is 0 Å². The van der Waals surface area contributed by atoms with Crippen molar-refractivity contribution in [2.75, 3.05) is 5.33 Å². The van der Waals surface area contributed by atoms with E-state index < -0.39 is 0 Å². The summed E-state index contributed by atoms with van der Waals surface area (Å²) in [4.78, 5) is 12.5. The van der Waals surface area contributed by atoms with E-state index in [1.165, 1.54) is 38.5 Å². The molecule has 0 aliphatic heterocycles. The molecule has 4 aliphatic rings. The number of ketones is 1. The summed E-state index contributed by atoms with van der Waals surface area (Å²) in [5.74, 6) is 3.88. The summed E-state index contributed by atoms with van der Waals surface area (Å²) in [5.41, 5.74) is 0.699. The Labute approximate surface area is 155 Å². The molecule has 2 nitrogen and oxygen atoms in total. The highest BCUT2D eigenvalue weighted by molar-refractivity contribution is 9.09. The van der Waals surface area contributed by atoms with Crippen LogP contribution in [0.3, 0.4) is 0 Å². The van der Waals surface area contributed by atoms with Gasteiger partial charge in [-0.1, -0.05) is 29.8 Å². The van der Waals surface area contributed by atoms with Crippen LogP contribution < -0.4 is 0 Å². The topological polar surface area (TPSA) is 37.3 Å². The summed E-state index contributed by atoms with van der Waals surface area (Å²) in [6, 6.07) is 0. The van der Waals surface area contributed by atoms with Gasteiger partial charge in [-0.25, -0.2) is 0 Å². The van der Waals surface area contributed by atoms with Gasteiger partial charge in [0.1, 0.15) is 5.78 Å². The molecule has 0 aromatic heterocycles. The molecule has 0 aromatic rings.